The van der Waals surface area contributed by atoms with Gasteiger partial charge in [0.15, 0.2) is 0 Å². The van der Waals surface area contributed by atoms with Gasteiger partial charge in [-0.1, -0.05) is 31.5 Å². The first kappa shape index (κ1) is 14.5. The van der Waals surface area contributed by atoms with Crippen molar-refractivity contribution in [1.29, 1.82) is 0 Å². The van der Waals surface area contributed by atoms with E-state index in [-0.39, 0.29) is 5.41 Å². The van der Waals surface area contributed by atoms with E-state index in [0.717, 1.165) is 11.4 Å². The van der Waals surface area contributed by atoms with Crippen LogP contribution in [0, 0.1) is 5.41 Å². The Morgan fingerprint density at radius 2 is 2.16 bits per heavy atom. The fourth-order valence-corrected chi connectivity index (χ4v) is 4.13. The van der Waals surface area contributed by atoms with Crippen LogP contribution in [-0.4, -0.2) is 28.1 Å². The van der Waals surface area contributed by atoms with E-state index < -0.39 is 11.5 Å². The molecule has 1 aromatic carbocycles. The molecule has 1 unspecified atom stereocenters. The number of halogens is 1. The molecule has 0 bridgehead atoms. The van der Waals surface area contributed by atoms with Gasteiger partial charge in [0.2, 0.25) is 0 Å². The van der Waals surface area contributed by atoms with Crippen molar-refractivity contribution in [3.8, 4) is 0 Å². The molecule has 1 aliphatic heterocycles. The summed E-state index contributed by atoms with van der Waals surface area (Å²) < 4.78 is 0. The molecule has 1 aromatic rings. The van der Waals surface area contributed by atoms with Crippen molar-refractivity contribution >= 4 is 35.0 Å². The highest BCUT2D eigenvalue weighted by atomic mass is 35.5. The number of carboxylic acid groups (broad SMARTS) is 1. The van der Waals surface area contributed by atoms with Crippen LogP contribution >= 0.6 is 23.4 Å². The van der Waals surface area contributed by atoms with Crippen molar-refractivity contribution in [2.75, 3.05) is 16.8 Å². The maximum Gasteiger partial charge on any atom is 0.330 e. The van der Waals surface area contributed by atoms with Crippen LogP contribution in [0.4, 0.5) is 5.69 Å². The number of carbonyl (C=O) groups is 1. The third-order valence-electron chi connectivity index (χ3n) is 3.24. The van der Waals surface area contributed by atoms with E-state index in [9.17, 15) is 9.90 Å². The fourth-order valence-electron chi connectivity index (χ4n) is 2.53. The number of carboxylic acids is 1. The molecule has 104 valence electrons. The van der Waals surface area contributed by atoms with Gasteiger partial charge in [0.05, 0.1) is 0 Å². The van der Waals surface area contributed by atoms with Crippen LogP contribution in [-0.2, 0) is 4.79 Å². The molecule has 1 fully saturated rings. The maximum atomic E-state index is 11.7. The Hall–Kier alpha value is -0.870. The van der Waals surface area contributed by atoms with Crippen LogP contribution in [0.25, 0.3) is 0 Å². The van der Waals surface area contributed by atoms with Gasteiger partial charge >= 0.3 is 5.97 Å². The monoisotopic (exact) mass is 299 g/mol. The van der Waals surface area contributed by atoms with Gasteiger partial charge in [-0.2, -0.15) is 11.8 Å². The first-order valence-electron chi connectivity index (χ1n) is 6.18. The molecule has 0 saturated carbocycles. The molecule has 5 heteroatoms. The highest BCUT2D eigenvalue weighted by Gasteiger charge is 2.46. The van der Waals surface area contributed by atoms with Crippen LogP contribution < -0.4 is 5.32 Å². The van der Waals surface area contributed by atoms with Gasteiger partial charge in [-0.3, -0.25) is 0 Å². The molecule has 1 saturated heterocycles. The summed E-state index contributed by atoms with van der Waals surface area (Å²) in [5.41, 5.74) is -0.155. The van der Waals surface area contributed by atoms with E-state index in [4.69, 9.17) is 11.6 Å². The molecule has 1 aliphatic rings. The number of benzene rings is 1. The SMILES string of the molecule is CC1(C)CSCC(Nc2cccc(Cl)c2)(C(=O)O)C1. The lowest BCUT2D eigenvalue weighted by atomic mass is 9.79. The minimum absolute atomic E-state index is 0.00683. The first-order chi connectivity index (χ1) is 8.83. The van der Waals surface area contributed by atoms with Crippen molar-refractivity contribution in [2.45, 2.75) is 25.8 Å². The van der Waals surface area contributed by atoms with Gasteiger partial charge < -0.3 is 10.4 Å². The summed E-state index contributed by atoms with van der Waals surface area (Å²) in [6.45, 7) is 4.22. The Kier molecular flexibility index (Phi) is 4.02. The average molecular weight is 300 g/mol. The maximum absolute atomic E-state index is 11.7. The van der Waals surface area contributed by atoms with Crippen molar-refractivity contribution in [3.05, 3.63) is 29.3 Å². The molecule has 1 atom stereocenters. The Morgan fingerprint density at radius 3 is 2.74 bits per heavy atom. The van der Waals surface area contributed by atoms with E-state index in [2.05, 4.69) is 19.2 Å². The summed E-state index contributed by atoms with van der Waals surface area (Å²) in [6, 6.07) is 7.21. The summed E-state index contributed by atoms with van der Waals surface area (Å²) >= 11 is 7.64. The summed E-state index contributed by atoms with van der Waals surface area (Å²) in [4.78, 5) is 11.7. The molecule has 0 amide bonds. The zero-order valence-electron chi connectivity index (χ0n) is 11.1. The second kappa shape index (κ2) is 5.25. The normalized spacial score (nSPS) is 25.8. The second-order valence-electron chi connectivity index (χ2n) is 5.86. The fraction of sp³-hybridized carbons (Fsp3) is 0.500. The molecule has 1 heterocycles. The second-order valence-corrected chi connectivity index (χ2v) is 7.28. The minimum Gasteiger partial charge on any atom is -0.479 e. The van der Waals surface area contributed by atoms with Crippen LogP contribution in [0.2, 0.25) is 5.02 Å². The van der Waals surface area contributed by atoms with Gasteiger partial charge in [-0.05, 0) is 35.8 Å². The van der Waals surface area contributed by atoms with Crippen molar-refractivity contribution in [2.24, 2.45) is 5.41 Å². The highest BCUT2D eigenvalue weighted by Crippen LogP contribution is 2.41. The predicted molar refractivity (Wildman–Crippen MR) is 81.2 cm³/mol. The summed E-state index contributed by atoms with van der Waals surface area (Å²) in [7, 11) is 0. The molecule has 0 radical (unpaired) electrons. The number of nitrogens with one attached hydrogen (secondary N) is 1. The third kappa shape index (κ3) is 3.37. The lowest BCUT2D eigenvalue weighted by molar-refractivity contribution is -0.142. The summed E-state index contributed by atoms with van der Waals surface area (Å²) in [5.74, 6) is 0.755. The van der Waals surface area contributed by atoms with E-state index in [0.29, 0.717) is 17.2 Å². The number of anilines is 1. The molecule has 2 N–H and O–H groups in total. The number of hydrogen-bond donors (Lipinski definition) is 2. The minimum atomic E-state index is -0.920. The van der Waals surface area contributed by atoms with Gasteiger partial charge in [-0.15, -0.1) is 0 Å². The first-order valence-corrected chi connectivity index (χ1v) is 7.71. The lowest BCUT2D eigenvalue weighted by Crippen LogP contribution is -2.54. The Morgan fingerprint density at radius 1 is 1.42 bits per heavy atom. The summed E-state index contributed by atoms with van der Waals surface area (Å²) in [6.07, 6.45) is 0.606. The third-order valence-corrected chi connectivity index (χ3v) is 5.16. The Labute approximate surface area is 122 Å². The van der Waals surface area contributed by atoms with Crippen LogP contribution in [0.15, 0.2) is 24.3 Å². The van der Waals surface area contributed by atoms with Crippen LogP contribution in [0.1, 0.15) is 20.3 Å². The average Bonchev–Trinajstić information content (AvgIpc) is 2.27. The summed E-state index contributed by atoms with van der Waals surface area (Å²) in [5, 5.41) is 13.4. The Balaban J connectivity index is 2.28. The largest absolute Gasteiger partial charge is 0.479 e. The van der Waals surface area contributed by atoms with E-state index in [1.54, 1.807) is 23.9 Å². The quantitative estimate of drug-likeness (QED) is 0.893. The standard InChI is InChI=1S/C14H18ClNO2S/c1-13(2)7-14(12(17)18,9-19-8-13)16-11-5-3-4-10(15)6-11/h3-6,16H,7-9H2,1-2H3,(H,17,18). The number of thioether (sulfide) groups is 1. The molecular weight excluding hydrogens is 282 g/mol. The van der Waals surface area contributed by atoms with Crippen LogP contribution in [0.3, 0.4) is 0 Å². The molecule has 19 heavy (non-hydrogen) atoms. The molecule has 0 aliphatic carbocycles. The van der Waals surface area contributed by atoms with Crippen LogP contribution in [0.5, 0.6) is 0 Å². The molecule has 0 spiro atoms. The number of rotatable bonds is 3. The molecule has 0 aromatic heterocycles. The van der Waals surface area contributed by atoms with Crippen molar-refractivity contribution in [3.63, 3.8) is 0 Å². The number of aliphatic carboxylic acids is 1. The predicted octanol–water partition coefficient (Wildman–Crippen LogP) is 3.74. The zero-order chi connectivity index (χ0) is 14.1. The lowest BCUT2D eigenvalue weighted by Gasteiger charge is -2.42. The molecular formula is C14H18ClNO2S. The molecule has 3 nitrogen and oxygen atoms in total. The van der Waals surface area contributed by atoms with E-state index in [1.807, 2.05) is 12.1 Å². The van der Waals surface area contributed by atoms with Crippen molar-refractivity contribution in [1.82, 2.24) is 0 Å². The Bertz CT molecular complexity index is 492. The van der Waals surface area contributed by atoms with E-state index >= 15 is 0 Å². The molecule has 2 rings (SSSR count). The van der Waals surface area contributed by atoms with Crippen molar-refractivity contribution < 1.29 is 9.90 Å². The smallest absolute Gasteiger partial charge is 0.330 e. The highest BCUT2D eigenvalue weighted by molar-refractivity contribution is 7.99. The van der Waals surface area contributed by atoms with Gasteiger partial charge in [0.1, 0.15) is 5.54 Å². The zero-order valence-corrected chi connectivity index (χ0v) is 12.6. The van der Waals surface area contributed by atoms with Gasteiger partial charge in [0, 0.05) is 16.5 Å². The number of hydrogen-bond acceptors (Lipinski definition) is 3. The van der Waals surface area contributed by atoms with Gasteiger partial charge in [0.25, 0.3) is 0 Å². The van der Waals surface area contributed by atoms with E-state index in [1.165, 1.54) is 0 Å². The topological polar surface area (TPSA) is 49.3 Å². The van der Waals surface area contributed by atoms with Gasteiger partial charge in [-0.25, -0.2) is 4.79 Å².